The fourth-order valence-corrected chi connectivity index (χ4v) is 0.645. The molecule has 1 heterocycles. The molecule has 0 saturated carbocycles. The van der Waals surface area contributed by atoms with E-state index < -0.39 is 0 Å². The SMILES string of the molecule is Cn1[nH]c(=O)cc(N)c1=O. The van der Waals surface area contributed by atoms with Crippen molar-refractivity contribution in [3.05, 3.63) is 26.8 Å². The fraction of sp³-hybridized carbons (Fsp3) is 0.200. The Hall–Kier alpha value is -1.52. The van der Waals surface area contributed by atoms with E-state index in [2.05, 4.69) is 5.10 Å². The number of hydrogen-bond donors (Lipinski definition) is 2. The Kier molecular flexibility index (Phi) is 1.33. The Morgan fingerprint density at radius 3 is 2.70 bits per heavy atom. The second-order valence-corrected chi connectivity index (χ2v) is 1.94. The first-order valence-corrected chi connectivity index (χ1v) is 2.67. The third-order valence-corrected chi connectivity index (χ3v) is 1.12. The Bertz CT molecular complexity index is 319. The maximum absolute atomic E-state index is 10.8. The highest BCUT2D eigenvalue weighted by Crippen LogP contribution is 1.79. The number of aromatic amines is 1. The Morgan fingerprint density at radius 1 is 1.60 bits per heavy atom. The van der Waals surface area contributed by atoms with E-state index in [0.29, 0.717) is 0 Å². The summed E-state index contributed by atoms with van der Waals surface area (Å²) in [5.74, 6) is 0. The number of nitrogen functional groups attached to an aromatic ring is 1. The van der Waals surface area contributed by atoms with Gasteiger partial charge in [0, 0.05) is 13.1 Å². The molecule has 10 heavy (non-hydrogen) atoms. The lowest BCUT2D eigenvalue weighted by Gasteiger charge is -1.95. The van der Waals surface area contributed by atoms with Crippen LogP contribution in [0.1, 0.15) is 0 Å². The van der Waals surface area contributed by atoms with Crippen molar-refractivity contribution in [1.29, 1.82) is 0 Å². The van der Waals surface area contributed by atoms with Crippen molar-refractivity contribution in [3.8, 4) is 0 Å². The van der Waals surface area contributed by atoms with Gasteiger partial charge in [-0.3, -0.25) is 19.4 Å². The van der Waals surface area contributed by atoms with E-state index in [9.17, 15) is 9.59 Å². The second-order valence-electron chi connectivity index (χ2n) is 1.94. The fourth-order valence-electron chi connectivity index (χ4n) is 0.645. The summed E-state index contributed by atoms with van der Waals surface area (Å²) >= 11 is 0. The second kappa shape index (κ2) is 2.02. The van der Waals surface area contributed by atoms with Crippen LogP contribution in [-0.4, -0.2) is 9.78 Å². The standard InChI is InChI=1S/C5H7N3O2/c1-8-5(10)3(6)2-4(9)7-8/h2H,6H2,1H3,(H,7,9). The molecule has 1 aromatic rings. The summed E-state index contributed by atoms with van der Waals surface area (Å²) in [6.07, 6.45) is 0. The van der Waals surface area contributed by atoms with E-state index >= 15 is 0 Å². The van der Waals surface area contributed by atoms with E-state index in [0.717, 1.165) is 10.7 Å². The van der Waals surface area contributed by atoms with Crippen LogP contribution in [-0.2, 0) is 7.05 Å². The highest BCUT2D eigenvalue weighted by Gasteiger charge is 1.95. The van der Waals surface area contributed by atoms with Gasteiger partial charge in [-0.15, -0.1) is 0 Å². The lowest BCUT2D eigenvalue weighted by molar-refractivity contribution is 0.695. The van der Waals surface area contributed by atoms with Gasteiger partial charge in [0.05, 0.1) is 0 Å². The molecular formula is C5H7N3O2. The molecule has 0 unspecified atom stereocenters. The maximum Gasteiger partial charge on any atom is 0.288 e. The van der Waals surface area contributed by atoms with E-state index in [4.69, 9.17) is 5.73 Å². The smallest absolute Gasteiger partial charge is 0.288 e. The number of nitrogens with one attached hydrogen (secondary N) is 1. The van der Waals surface area contributed by atoms with Gasteiger partial charge in [-0.2, -0.15) is 0 Å². The number of H-pyrrole nitrogens is 1. The van der Waals surface area contributed by atoms with Gasteiger partial charge in [0.25, 0.3) is 11.1 Å². The highest BCUT2D eigenvalue weighted by atomic mass is 16.2. The predicted molar refractivity (Wildman–Crippen MR) is 36.7 cm³/mol. The lowest BCUT2D eigenvalue weighted by Crippen LogP contribution is -2.28. The Balaban J connectivity index is 3.62. The summed E-state index contributed by atoms with van der Waals surface area (Å²) < 4.78 is 1.04. The molecule has 5 nitrogen and oxygen atoms in total. The minimum atomic E-state index is -0.389. The monoisotopic (exact) mass is 141 g/mol. The number of nitrogens with two attached hydrogens (primary N) is 1. The van der Waals surface area contributed by atoms with Crippen LogP contribution in [0.3, 0.4) is 0 Å². The highest BCUT2D eigenvalue weighted by molar-refractivity contribution is 5.31. The van der Waals surface area contributed by atoms with Gasteiger partial charge < -0.3 is 5.73 Å². The van der Waals surface area contributed by atoms with Gasteiger partial charge in [-0.05, 0) is 0 Å². The van der Waals surface area contributed by atoms with Crippen LogP contribution in [0.2, 0.25) is 0 Å². The molecule has 1 aromatic heterocycles. The zero-order valence-corrected chi connectivity index (χ0v) is 5.42. The first kappa shape index (κ1) is 6.60. The first-order valence-electron chi connectivity index (χ1n) is 2.67. The van der Waals surface area contributed by atoms with Crippen LogP contribution in [0.15, 0.2) is 15.7 Å². The molecule has 0 saturated heterocycles. The molecule has 0 spiro atoms. The van der Waals surface area contributed by atoms with Gasteiger partial charge in [-0.1, -0.05) is 0 Å². The first-order chi connectivity index (χ1) is 4.61. The van der Waals surface area contributed by atoms with Crippen LogP contribution in [0.4, 0.5) is 5.69 Å². The quantitative estimate of drug-likeness (QED) is 0.469. The minimum Gasteiger partial charge on any atom is -0.394 e. The predicted octanol–water partition coefficient (Wildman–Crippen LogP) is -1.34. The molecule has 1 rings (SSSR count). The molecule has 0 aliphatic rings. The van der Waals surface area contributed by atoms with Crippen molar-refractivity contribution in [2.45, 2.75) is 0 Å². The molecule has 0 atom stereocenters. The van der Waals surface area contributed by atoms with E-state index in [1.807, 2.05) is 0 Å². The lowest BCUT2D eigenvalue weighted by atomic mass is 10.5. The molecule has 3 N–H and O–H groups in total. The number of nitrogens with zero attached hydrogens (tertiary/aromatic N) is 1. The van der Waals surface area contributed by atoms with Gasteiger partial charge in [0.1, 0.15) is 5.69 Å². The number of hydrogen-bond acceptors (Lipinski definition) is 3. The van der Waals surface area contributed by atoms with Crippen LogP contribution in [0.25, 0.3) is 0 Å². The van der Waals surface area contributed by atoms with Crippen LogP contribution in [0.5, 0.6) is 0 Å². The maximum atomic E-state index is 10.8. The number of rotatable bonds is 0. The summed E-state index contributed by atoms with van der Waals surface area (Å²) in [4.78, 5) is 21.4. The summed E-state index contributed by atoms with van der Waals surface area (Å²) in [5, 5.41) is 2.25. The normalized spacial score (nSPS) is 9.70. The van der Waals surface area contributed by atoms with Crippen molar-refractivity contribution in [3.63, 3.8) is 0 Å². The van der Waals surface area contributed by atoms with E-state index in [1.165, 1.54) is 7.05 Å². The molecule has 0 bridgehead atoms. The molecule has 0 fully saturated rings. The number of aryl methyl sites for hydroxylation is 1. The average molecular weight is 141 g/mol. The van der Waals surface area contributed by atoms with Gasteiger partial charge >= 0.3 is 0 Å². The van der Waals surface area contributed by atoms with Crippen molar-refractivity contribution in [2.75, 3.05) is 5.73 Å². The van der Waals surface area contributed by atoms with Crippen molar-refractivity contribution < 1.29 is 0 Å². The molecule has 5 heteroatoms. The zero-order chi connectivity index (χ0) is 7.72. The molecule has 0 radical (unpaired) electrons. The zero-order valence-electron chi connectivity index (χ0n) is 5.42. The van der Waals surface area contributed by atoms with Crippen molar-refractivity contribution in [1.82, 2.24) is 9.78 Å². The van der Waals surface area contributed by atoms with Gasteiger partial charge in [0.15, 0.2) is 0 Å². The van der Waals surface area contributed by atoms with Crippen LogP contribution >= 0.6 is 0 Å². The molecule has 0 aliphatic carbocycles. The molecule has 0 amide bonds. The summed E-state index contributed by atoms with van der Waals surface area (Å²) in [5.41, 5.74) is 4.37. The number of aromatic nitrogens is 2. The third-order valence-electron chi connectivity index (χ3n) is 1.12. The average Bonchev–Trinajstić information content (AvgIpc) is 1.82. The molecule has 0 aliphatic heterocycles. The Morgan fingerprint density at radius 2 is 2.20 bits per heavy atom. The summed E-state index contributed by atoms with van der Waals surface area (Å²) in [7, 11) is 1.43. The van der Waals surface area contributed by atoms with Crippen molar-refractivity contribution in [2.24, 2.45) is 7.05 Å². The van der Waals surface area contributed by atoms with E-state index in [1.54, 1.807) is 0 Å². The van der Waals surface area contributed by atoms with Gasteiger partial charge in [0.2, 0.25) is 0 Å². The topological polar surface area (TPSA) is 80.9 Å². The Labute approximate surface area is 56.1 Å². The molecule has 54 valence electrons. The van der Waals surface area contributed by atoms with Gasteiger partial charge in [-0.25, -0.2) is 0 Å². The largest absolute Gasteiger partial charge is 0.394 e. The van der Waals surface area contributed by atoms with E-state index in [-0.39, 0.29) is 16.8 Å². The van der Waals surface area contributed by atoms with Crippen molar-refractivity contribution >= 4 is 5.69 Å². The number of anilines is 1. The summed E-state index contributed by atoms with van der Waals surface area (Å²) in [6, 6.07) is 1.06. The summed E-state index contributed by atoms with van der Waals surface area (Å²) in [6.45, 7) is 0. The van der Waals surface area contributed by atoms with Crippen LogP contribution < -0.4 is 16.9 Å². The minimum absolute atomic E-state index is 0.0359. The third kappa shape index (κ3) is 0.928. The molecule has 0 aromatic carbocycles. The molecular weight excluding hydrogens is 134 g/mol. The van der Waals surface area contributed by atoms with Crippen LogP contribution in [0, 0.1) is 0 Å².